The first-order valence-corrected chi connectivity index (χ1v) is 12.2. The van der Waals surface area contributed by atoms with Crippen LogP contribution in [-0.4, -0.2) is 25.9 Å². The Morgan fingerprint density at radius 3 is 2.81 bits per heavy atom. The van der Waals surface area contributed by atoms with E-state index in [2.05, 4.69) is 26.1 Å². The molecule has 0 radical (unpaired) electrons. The van der Waals surface area contributed by atoms with E-state index in [1.54, 1.807) is 18.3 Å². The van der Waals surface area contributed by atoms with Crippen molar-refractivity contribution in [3.63, 3.8) is 0 Å². The van der Waals surface area contributed by atoms with Gasteiger partial charge < -0.3 is 9.88 Å². The van der Waals surface area contributed by atoms with E-state index < -0.39 is 22.8 Å². The van der Waals surface area contributed by atoms with Crippen LogP contribution in [0.1, 0.15) is 55.8 Å². The molecule has 0 aliphatic heterocycles. The van der Waals surface area contributed by atoms with Crippen LogP contribution < -0.4 is 5.32 Å². The van der Waals surface area contributed by atoms with Crippen LogP contribution in [0.25, 0.3) is 0 Å². The fourth-order valence-electron chi connectivity index (χ4n) is 3.82. The first-order valence-electron chi connectivity index (χ1n) is 10.4. The molecule has 1 aliphatic carbocycles. The molecule has 0 bridgehead atoms. The Hall–Kier alpha value is -2.26. The van der Waals surface area contributed by atoms with E-state index in [-0.39, 0.29) is 5.69 Å². The molecule has 1 atom stereocenters. The minimum atomic E-state index is -0.671. The molecule has 2 heterocycles. The summed E-state index contributed by atoms with van der Waals surface area (Å²) in [6, 6.07) is 7.42. The van der Waals surface area contributed by atoms with Crippen molar-refractivity contribution < 1.29 is 13.6 Å². The summed E-state index contributed by atoms with van der Waals surface area (Å²) in [6.45, 7) is 1.73. The lowest BCUT2D eigenvalue weighted by Crippen LogP contribution is -2.24. The maximum absolute atomic E-state index is 13.9. The molecule has 1 aromatic carbocycles. The average Bonchev–Trinajstić information content (AvgIpc) is 3.41. The summed E-state index contributed by atoms with van der Waals surface area (Å²) < 4.78 is 29.5. The van der Waals surface area contributed by atoms with Crippen molar-refractivity contribution >= 4 is 34.7 Å². The van der Waals surface area contributed by atoms with E-state index >= 15 is 0 Å². The summed E-state index contributed by atoms with van der Waals surface area (Å²) in [6.07, 6.45) is 6.41. The first-order chi connectivity index (χ1) is 15.0. The van der Waals surface area contributed by atoms with Crippen LogP contribution in [0.5, 0.6) is 0 Å². The van der Waals surface area contributed by atoms with Crippen LogP contribution in [0.4, 0.5) is 14.5 Å². The number of aromatic nitrogens is 3. The number of halogens is 2. The molecule has 4 rings (SSSR count). The monoisotopic (exact) mass is 462 g/mol. The predicted molar refractivity (Wildman–Crippen MR) is 120 cm³/mol. The fourth-order valence-corrected chi connectivity index (χ4v) is 5.46. The SMILES string of the molecule is CC(Sc1nnc(Cc2cccs2)n1C1CCCCC1)C(=O)Nc1cc(F)ccc1F. The van der Waals surface area contributed by atoms with Gasteiger partial charge in [-0.05, 0) is 43.3 Å². The smallest absolute Gasteiger partial charge is 0.237 e. The third-order valence-corrected chi connectivity index (χ3v) is 7.36. The van der Waals surface area contributed by atoms with Gasteiger partial charge in [-0.3, -0.25) is 4.79 Å². The Morgan fingerprint density at radius 1 is 1.26 bits per heavy atom. The lowest BCUT2D eigenvalue weighted by molar-refractivity contribution is -0.115. The van der Waals surface area contributed by atoms with Crippen molar-refractivity contribution in [1.82, 2.24) is 14.8 Å². The number of carbonyl (C=O) groups excluding carboxylic acids is 1. The van der Waals surface area contributed by atoms with E-state index in [0.717, 1.165) is 36.9 Å². The highest BCUT2D eigenvalue weighted by Crippen LogP contribution is 2.35. The van der Waals surface area contributed by atoms with Crippen LogP contribution in [0, 0.1) is 11.6 Å². The number of nitrogens with zero attached hydrogens (tertiary/aromatic N) is 3. The van der Waals surface area contributed by atoms with Crippen LogP contribution in [0.2, 0.25) is 0 Å². The standard InChI is InChI=1S/C22H24F2N4OS2/c1-14(21(29)25-19-12-15(23)9-10-18(19)24)31-22-27-26-20(13-17-8-5-11-30-17)28(22)16-6-3-2-4-7-16/h5,8-12,14,16H,2-4,6-7,13H2,1H3,(H,25,29). The molecular weight excluding hydrogens is 438 g/mol. The number of benzene rings is 1. The van der Waals surface area contributed by atoms with Crippen LogP contribution in [0.3, 0.4) is 0 Å². The molecule has 3 aromatic rings. The largest absolute Gasteiger partial charge is 0.323 e. The molecule has 31 heavy (non-hydrogen) atoms. The quantitative estimate of drug-likeness (QED) is 0.449. The summed E-state index contributed by atoms with van der Waals surface area (Å²) in [5.74, 6) is -0.782. The molecule has 5 nitrogen and oxygen atoms in total. The Balaban J connectivity index is 1.53. The zero-order chi connectivity index (χ0) is 21.8. The van der Waals surface area contributed by atoms with Crippen LogP contribution in [-0.2, 0) is 11.2 Å². The highest BCUT2D eigenvalue weighted by Gasteiger charge is 2.26. The molecule has 1 aliphatic rings. The molecule has 1 amide bonds. The minimum absolute atomic E-state index is 0.162. The summed E-state index contributed by atoms with van der Waals surface area (Å²) in [5.41, 5.74) is -0.162. The highest BCUT2D eigenvalue weighted by atomic mass is 32.2. The van der Waals surface area contributed by atoms with Crippen molar-refractivity contribution in [2.24, 2.45) is 0 Å². The summed E-state index contributed by atoms with van der Waals surface area (Å²) in [5, 5.41) is 13.5. The molecule has 0 saturated heterocycles. The van der Waals surface area contributed by atoms with E-state index in [1.807, 2.05) is 11.4 Å². The Kier molecular flexibility index (Phi) is 7.02. The Labute approximate surface area is 188 Å². The minimum Gasteiger partial charge on any atom is -0.323 e. The van der Waals surface area contributed by atoms with Gasteiger partial charge in [-0.15, -0.1) is 21.5 Å². The van der Waals surface area contributed by atoms with Gasteiger partial charge in [-0.2, -0.15) is 0 Å². The summed E-state index contributed by atoms with van der Waals surface area (Å²) >= 11 is 2.99. The number of anilines is 1. The maximum Gasteiger partial charge on any atom is 0.237 e. The second kappa shape index (κ2) is 9.91. The predicted octanol–water partition coefficient (Wildman–Crippen LogP) is 5.83. The summed E-state index contributed by atoms with van der Waals surface area (Å²) in [4.78, 5) is 13.9. The number of thiophene rings is 1. The number of hydrogen-bond acceptors (Lipinski definition) is 5. The molecule has 9 heteroatoms. The lowest BCUT2D eigenvalue weighted by Gasteiger charge is -2.26. The second-order valence-electron chi connectivity index (χ2n) is 7.69. The molecule has 1 N–H and O–H groups in total. The molecule has 1 saturated carbocycles. The molecule has 2 aromatic heterocycles. The van der Waals surface area contributed by atoms with Crippen molar-refractivity contribution in [1.29, 1.82) is 0 Å². The topological polar surface area (TPSA) is 59.8 Å². The first kappa shape index (κ1) is 22.0. The van der Waals surface area contributed by atoms with Gasteiger partial charge in [0, 0.05) is 23.4 Å². The number of amides is 1. The van der Waals surface area contributed by atoms with Gasteiger partial charge in [0.05, 0.1) is 10.9 Å². The van der Waals surface area contributed by atoms with Gasteiger partial charge in [0.1, 0.15) is 17.5 Å². The second-order valence-corrected chi connectivity index (χ2v) is 10.0. The third kappa shape index (κ3) is 5.33. The third-order valence-electron chi connectivity index (χ3n) is 5.43. The maximum atomic E-state index is 13.9. The highest BCUT2D eigenvalue weighted by molar-refractivity contribution is 8.00. The molecular formula is C22H24F2N4OS2. The molecule has 1 fully saturated rings. The van der Waals surface area contributed by atoms with Crippen molar-refractivity contribution in [2.75, 3.05) is 5.32 Å². The number of carbonyl (C=O) groups is 1. The Bertz CT molecular complexity index is 1030. The number of nitrogens with one attached hydrogen (secondary N) is 1. The van der Waals surface area contributed by atoms with Gasteiger partial charge in [-0.25, -0.2) is 8.78 Å². The normalized spacial score (nSPS) is 15.7. The number of rotatable bonds is 7. The van der Waals surface area contributed by atoms with Gasteiger partial charge in [0.2, 0.25) is 5.91 Å². The number of hydrogen-bond donors (Lipinski definition) is 1. The van der Waals surface area contributed by atoms with Crippen LogP contribution >= 0.6 is 23.1 Å². The summed E-state index contributed by atoms with van der Waals surface area (Å²) in [7, 11) is 0. The van der Waals surface area contributed by atoms with E-state index in [4.69, 9.17) is 0 Å². The molecule has 1 unspecified atom stereocenters. The van der Waals surface area contributed by atoms with Crippen molar-refractivity contribution in [3.05, 3.63) is 58.0 Å². The Morgan fingerprint density at radius 2 is 2.06 bits per heavy atom. The van der Waals surface area contributed by atoms with E-state index in [1.165, 1.54) is 35.9 Å². The van der Waals surface area contributed by atoms with Gasteiger partial charge in [0.15, 0.2) is 5.16 Å². The van der Waals surface area contributed by atoms with Crippen molar-refractivity contribution in [2.45, 2.75) is 61.9 Å². The average molecular weight is 463 g/mol. The lowest BCUT2D eigenvalue weighted by atomic mass is 9.95. The zero-order valence-corrected chi connectivity index (χ0v) is 18.8. The van der Waals surface area contributed by atoms with Gasteiger partial charge >= 0.3 is 0 Å². The van der Waals surface area contributed by atoms with E-state index in [0.29, 0.717) is 17.6 Å². The molecule has 0 spiro atoms. The van der Waals surface area contributed by atoms with Gasteiger partial charge in [0.25, 0.3) is 0 Å². The van der Waals surface area contributed by atoms with Crippen LogP contribution in [0.15, 0.2) is 40.9 Å². The van der Waals surface area contributed by atoms with Crippen molar-refractivity contribution in [3.8, 4) is 0 Å². The molecule has 164 valence electrons. The van der Waals surface area contributed by atoms with E-state index in [9.17, 15) is 13.6 Å². The number of thioether (sulfide) groups is 1. The fraction of sp³-hybridized carbons (Fsp3) is 0.409. The van der Waals surface area contributed by atoms with Gasteiger partial charge in [-0.1, -0.05) is 37.1 Å². The zero-order valence-electron chi connectivity index (χ0n) is 17.2.